The van der Waals surface area contributed by atoms with Gasteiger partial charge in [-0.15, -0.1) is 5.10 Å². The van der Waals surface area contributed by atoms with E-state index in [9.17, 15) is 8.78 Å². The number of hydrogen-bond donors (Lipinski definition) is 1. The van der Waals surface area contributed by atoms with Crippen LogP contribution in [0.1, 0.15) is 31.7 Å². The number of pyridine rings is 1. The van der Waals surface area contributed by atoms with Crippen LogP contribution >= 0.6 is 0 Å². The van der Waals surface area contributed by atoms with E-state index >= 15 is 0 Å². The number of halogens is 2. The number of hydrogen-bond acceptors (Lipinski definition) is 5. The third-order valence-corrected chi connectivity index (χ3v) is 5.32. The molecule has 0 radical (unpaired) electrons. The Balaban J connectivity index is 1.36. The molecule has 4 rings (SSSR count). The zero-order valence-electron chi connectivity index (χ0n) is 14.5. The standard InChI is InChI=1S/C18H23F2N5O/c19-18(20)5-3-13(4-6-18)12-26-17-10-22-9-16(17)25-11-15(23-24-25)14-2-1-7-21-8-14/h1-2,7-8,11,13,16-17,22H,3-6,9-10,12H2/t16-,17-/m1/s1. The van der Waals surface area contributed by atoms with Crippen molar-refractivity contribution in [2.75, 3.05) is 19.7 Å². The smallest absolute Gasteiger partial charge is 0.248 e. The number of rotatable bonds is 5. The molecule has 1 N–H and O–H groups in total. The van der Waals surface area contributed by atoms with E-state index in [0.29, 0.717) is 19.4 Å². The highest BCUT2D eigenvalue weighted by atomic mass is 19.3. The number of aromatic nitrogens is 4. The van der Waals surface area contributed by atoms with E-state index in [0.717, 1.165) is 24.3 Å². The molecule has 1 aliphatic carbocycles. The van der Waals surface area contributed by atoms with Crippen molar-refractivity contribution in [2.24, 2.45) is 5.92 Å². The van der Waals surface area contributed by atoms with Gasteiger partial charge in [0.1, 0.15) is 5.69 Å². The second-order valence-corrected chi connectivity index (χ2v) is 7.22. The zero-order chi connectivity index (χ0) is 18.0. The Morgan fingerprint density at radius 1 is 1.27 bits per heavy atom. The van der Waals surface area contributed by atoms with E-state index in [1.807, 2.05) is 23.0 Å². The summed E-state index contributed by atoms with van der Waals surface area (Å²) in [7, 11) is 0. The average molecular weight is 363 g/mol. The minimum atomic E-state index is -2.49. The van der Waals surface area contributed by atoms with Crippen LogP contribution in [-0.4, -0.2) is 51.7 Å². The van der Waals surface area contributed by atoms with Gasteiger partial charge in [0.2, 0.25) is 5.92 Å². The summed E-state index contributed by atoms with van der Waals surface area (Å²) in [5, 5.41) is 11.8. The minimum Gasteiger partial charge on any atom is -0.374 e. The molecule has 0 spiro atoms. The van der Waals surface area contributed by atoms with Crippen LogP contribution in [0.25, 0.3) is 11.3 Å². The van der Waals surface area contributed by atoms with Crippen LogP contribution < -0.4 is 5.32 Å². The summed E-state index contributed by atoms with van der Waals surface area (Å²) in [5.74, 6) is -2.27. The predicted molar refractivity (Wildman–Crippen MR) is 91.8 cm³/mol. The number of ether oxygens (including phenoxy) is 1. The van der Waals surface area contributed by atoms with E-state index in [1.54, 1.807) is 12.4 Å². The molecule has 26 heavy (non-hydrogen) atoms. The lowest BCUT2D eigenvalue weighted by Crippen LogP contribution is -2.31. The second-order valence-electron chi connectivity index (χ2n) is 7.22. The third kappa shape index (κ3) is 3.91. The van der Waals surface area contributed by atoms with Gasteiger partial charge in [0.25, 0.3) is 0 Å². The largest absolute Gasteiger partial charge is 0.374 e. The Kier molecular flexibility index (Phi) is 4.95. The first-order valence-electron chi connectivity index (χ1n) is 9.13. The molecule has 2 aromatic heterocycles. The lowest BCUT2D eigenvalue weighted by molar-refractivity contribution is -0.0641. The molecule has 0 unspecified atom stereocenters. The normalized spacial score (nSPS) is 26.2. The van der Waals surface area contributed by atoms with E-state index in [-0.39, 0.29) is 30.9 Å². The maximum Gasteiger partial charge on any atom is 0.248 e. The Morgan fingerprint density at radius 2 is 2.12 bits per heavy atom. The van der Waals surface area contributed by atoms with Crippen molar-refractivity contribution in [1.29, 1.82) is 0 Å². The Hall–Kier alpha value is -1.93. The summed E-state index contributed by atoms with van der Waals surface area (Å²) < 4.78 is 34.5. The van der Waals surface area contributed by atoms with E-state index in [2.05, 4.69) is 20.6 Å². The number of nitrogens with zero attached hydrogens (tertiary/aromatic N) is 4. The van der Waals surface area contributed by atoms with Gasteiger partial charge in [0.05, 0.1) is 18.3 Å². The molecule has 2 atom stereocenters. The molecule has 140 valence electrons. The molecular weight excluding hydrogens is 340 g/mol. The Bertz CT molecular complexity index is 713. The molecule has 8 heteroatoms. The molecule has 0 aromatic carbocycles. The SMILES string of the molecule is FC1(F)CCC(CO[C@@H]2CNC[C@H]2n2cc(-c3cccnc3)nn2)CC1. The van der Waals surface area contributed by atoms with Crippen LogP contribution in [0.2, 0.25) is 0 Å². The molecule has 3 heterocycles. The summed E-state index contributed by atoms with van der Waals surface area (Å²) in [6.45, 7) is 2.02. The van der Waals surface area contributed by atoms with Gasteiger partial charge in [0, 0.05) is 50.5 Å². The van der Waals surface area contributed by atoms with Gasteiger partial charge in [-0.1, -0.05) is 5.21 Å². The minimum absolute atomic E-state index is 0.0229. The molecule has 1 saturated carbocycles. The van der Waals surface area contributed by atoms with Crippen LogP contribution in [0.4, 0.5) is 8.78 Å². The van der Waals surface area contributed by atoms with Gasteiger partial charge in [-0.25, -0.2) is 13.5 Å². The van der Waals surface area contributed by atoms with Gasteiger partial charge >= 0.3 is 0 Å². The number of nitrogens with one attached hydrogen (secondary N) is 1. The molecule has 2 aliphatic rings. The monoisotopic (exact) mass is 363 g/mol. The number of alkyl halides is 2. The zero-order valence-corrected chi connectivity index (χ0v) is 14.5. The highest BCUT2D eigenvalue weighted by Gasteiger charge is 2.36. The summed E-state index contributed by atoms with van der Waals surface area (Å²) in [5.41, 5.74) is 1.70. The molecule has 6 nitrogen and oxygen atoms in total. The summed E-state index contributed by atoms with van der Waals surface area (Å²) >= 11 is 0. The fourth-order valence-electron chi connectivity index (χ4n) is 3.69. The highest BCUT2D eigenvalue weighted by Crippen LogP contribution is 2.36. The van der Waals surface area contributed by atoms with Crippen molar-refractivity contribution >= 4 is 0 Å². The molecule has 2 fully saturated rings. The third-order valence-electron chi connectivity index (χ3n) is 5.32. The second kappa shape index (κ2) is 7.36. The lowest BCUT2D eigenvalue weighted by Gasteiger charge is -2.29. The molecule has 1 saturated heterocycles. The first kappa shape index (κ1) is 17.5. The van der Waals surface area contributed by atoms with E-state index in [1.165, 1.54) is 0 Å². The van der Waals surface area contributed by atoms with E-state index < -0.39 is 5.92 Å². The maximum atomic E-state index is 13.3. The van der Waals surface area contributed by atoms with Crippen LogP contribution in [0, 0.1) is 5.92 Å². The highest BCUT2D eigenvalue weighted by molar-refractivity contribution is 5.55. The first-order chi connectivity index (χ1) is 12.6. The fraction of sp³-hybridized carbons (Fsp3) is 0.611. The van der Waals surface area contributed by atoms with Crippen molar-refractivity contribution < 1.29 is 13.5 Å². The molecule has 0 bridgehead atoms. The molecular formula is C18H23F2N5O. The maximum absolute atomic E-state index is 13.3. The van der Waals surface area contributed by atoms with Crippen molar-refractivity contribution in [1.82, 2.24) is 25.3 Å². The summed E-state index contributed by atoms with van der Waals surface area (Å²) in [6.07, 6.45) is 6.38. The first-order valence-corrected chi connectivity index (χ1v) is 9.13. The van der Waals surface area contributed by atoms with Crippen molar-refractivity contribution in [3.05, 3.63) is 30.7 Å². The van der Waals surface area contributed by atoms with Crippen LogP contribution in [0.15, 0.2) is 30.7 Å². The van der Waals surface area contributed by atoms with Gasteiger partial charge in [0.15, 0.2) is 0 Å². The van der Waals surface area contributed by atoms with Crippen LogP contribution in [0.5, 0.6) is 0 Å². The van der Waals surface area contributed by atoms with Crippen LogP contribution in [0.3, 0.4) is 0 Å². The van der Waals surface area contributed by atoms with Crippen molar-refractivity contribution in [2.45, 2.75) is 43.8 Å². The topological polar surface area (TPSA) is 64.9 Å². The van der Waals surface area contributed by atoms with Gasteiger partial charge in [-0.2, -0.15) is 0 Å². The van der Waals surface area contributed by atoms with Gasteiger partial charge in [-0.05, 0) is 30.9 Å². The van der Waals surface area contributed by atoms with Crippen LogP contribution in [-0.2, 0) is 4.74 Å². The van der Waals surface area contributed by atoms with Crippen molar-refractivity contribution in [3.63, 3.8) is 0 Å². The Morgan fingerprint density at radius 3 is 2.88 bits per heavy atom. The summed E-state index contributed by atoms with van der Waals surface area (Å²) in [6, 6.07) is 3.87. The lowest BCUT2D eigenvalue weighted by atomic mass is 9.87. The fourth-order valence-corrected chi connectivity index (χ4v) is 3.69. The van der Waals surface area contributed by atoms with Gasteiger partial charge < -0.3 is 10.1 Å². The molecule has 1 aliphatic heterocycles. The van der Waals surface area contributed by atoms with E-state index in [4.69, 9.17) is 4.74 Å². The Labute approximate surface area is 151 Å². The van der Waals surface area contributed by atoms with Crippen molar-refractivity contribution in [3.8, 4) is 11.3 Å². The average Bonchev–Trinajstić information content (AvgIpc) is 3.30. The molecule has 0 amide bonds. The van der Waals surface area contributed by atoms with Gasteiger partial charge in [-0.3, -0.25) is 4.98 Å². The molecule has 2 aromatic rings. The summed E-state index contributed by atoms with van der Waals surface area (Å²) in [4.78, 5) is 4.11. The quantitative estimate of drug-likeness (QED) is 0.885. The predicted octanol–water partition coefficient (Wildman–Crippen LogP) is 2.70.